The first-order valence-electron chi connectivity index (χ1n) is 42.2. The number of rotatable bonds is 8. The molecular formula is C117H74N4. The van der Waals surface area contributed by atoms with Crippen LogP contribution < -0.4 is 4.90 Å². The zero-order valence-corrected chi connectivity index (χ0v) is 66.5. The first-order valence-corrected chi connectivity index (χ1v) is 42.2. The van der Waals surface area contributed by atoms with Crippen molar-refractivity contribution in [3.8, 4) is 95.0 Å². The largest absolute Gasteiger partial charge is 0.310 e. The fourth-order valence-corrected chi connectivity index (χ4v) is 21.8. The number of benzene rings is 21. The molecule has 0 unspecified atom stereocenters. The molecule has 21 aromatic carbocycles. The van der Waals surface area contributed by atoms with Gasteiger partial charge in [-0.1, -0.05) is 317 Å². The first kappa shape index (κ1) is 67.5. The van der Waals surface area contributed by atoms with Gasteiger partial charge >= 0.3 is 0 Å². The van der Waals surface area contributed by atoms with Gasteiger partial charge in [0, 0.05) is 93.4 Å². The summed E-state index contributed by atoms with van der Waals surface area (Å²) in [5, 5.41) is 23.5. The van der Waals surface area contributed by atoms with E-state index in [4.69, 9.17) is 0 Å². The maximum atomic E-state index is 2.53. The number of anilines is 3. The topological polar surface area (TPSA) is 18.0 Å². The van der Waals surface area contributed by atoms with Crippen LogP contribution in [0.1, 0.15) is 25.0 Å². The monoisotopic (exact) mass is 1530 g/mol. The highest BCUT2D eigenvalue weighted by molar-refractivity contribution is 6.43. The highest BCUT2D eigenvalue weighted by atomic mass is 15.1. The predicted molar refractivity (Wildman–Crippen MR) is 513 cm³/mol. The molecule has 0 saturated carbocycles. The summed E-state index contributed by atoms with van der Waals surface area (Å²) in [5.74, 6) is 0. The van der Waals surface area contributed by atoms with E-state index in [0.717, 1.165) is 34.1 Å². The van der Waals surface area contributed by atoms with Crippen molar-refractivity contribution in [2.24, 2.45) is 0 Å². The third-order valence-electron chi connectivity index (χ3n) is 27.1. The predicted octanol–water partition coefficient (Wildman–Crippen LogP) is 32.0. The SMILES string of the molecule is CC1(C)c2ccccc2-c2ccc(N(c3ccccc3)c3ccc(-c4ccc(-n5c6cccc7c6c6c8c(cc9ccccc9c8c8ccccc8c65)-c5ccccc5-7)cc4)cc3)cc21.c1ccc2c(c1)-c1cc3ccccc3c3c4ccccc4c4c(c13)c1c-2cccc1n4-c1ccc(-c2ccc(-n3c4ccccc4c4ccccc43)cc2)cc1. The van der Waals surface area contributed by atoms with Crippen LogP contribution in [-0.4, -0.2) is 13.7 Å². The summed E-state index contributed by atoms with van der Waals surface area (Å²) in [7, 11) is 0. The lowest BCUT2D eigenvalue weighted by molar-refractivity contribution is 0.660. The summed E-state index contributed by atoms with van der Waals surface area (Å²) in [5.41, 5.74) is 34.8. The molecule has 3 aliphatic rings. The third-order valence-corrected chi connectivity index (χ3v) is 27.1. The summed E-state index contributed by atoms with van der Waals surface area (Å²) in [6.07, 6.45) is 0. The van der Waals surface area contributed by atoms with Gasteiger partial charge in [0.25, 0.3) is 0 Å². The molecule has 0 aliphatic heterocycles. The van der Waals surface area contributed by atoms with Crippen molar-refractivity contribution in [2.45, 2.75) is 19.3 Å². The second kappa shape index (κ2) is 25.7. The quantitative estimate of drug-likeness (QED) is 0.139. The Morgan fingerprint density at radius 1 is 0.190 bits per heavy atom. The second-order valence-electron chi connectivity index (χ2n) is 33.6. The molecule has 3 aliphatic carbocycles. The fourth-order valence-electron chi connectivity index (χ4n) is 21.8. The summed E-state index contributed by atoms with van der Waals surface area (Å²) in [6, 6.07) is 153. The summed E-state index contributed by atoms with van der Waals surface area (Å²) < 4.78 is 7.44. The van der Waals surface area contributed by atoms with Crippen LogP contribution in [0, 0.1) is 0 Å². The summed E-state index contributed by atoms with van der Waals surface area (Å²) >= 11 is 0. The van der Waals surface area contributed by atoms with Crippen LogP contribution in [0.15, 0.2) is 413 Å². The van der Waals surface area contributed by atoms with Crippen LogP contribution in [0.4, 0.5) is 17.1 Å². The number of para-hydroxylation sites is 3. The normalized spacial score (nSPS) is 12.8. The second-order valence-corrected chi connectivity index (χ2v) is 33.6. The Labute approximate surface area is 698 Å². The summed E-state index contributed by atoms with van der Waals surface area (Å²) in [4.78, 5) is 2.39. The first-order chi connectivity index (χ1) is 59.8. The molecule has 0 amide bonds. The van der Waals surface area contributed by atoms with Gasteiger partial charge in [-0.15, -0.1) is 0 Å². The van der Waals surface area contributed by atoms with E-state index in [0.29, 0.717) is 0 Å². The van der Waals surface area contributed by atoms with Gasteiger partial charge in [0.1, 0.15) is 0 Å². The Hall–Kier alpha value is -15.6. The van der Waals surface area contributed by atoms with Crippen molar-refractivity contribution in [1.82, 2.24) is 13.7 Å². The molecule has 562 valence electrons. The van der Waals surface area contributed by atoms with Crippen LogP contribution in [0.3, 0.4) is 0 Å². The average Bonchev–Trinajstić information content (AvgIpc) is 1.54. The van der Waals surface area contributed by atoms with Crippen molar-refractivity contribution < 1.29 is 0 Å². The van der Waals surface area contributed by atoms with Gasteiger partial charge in [0.15, 0.2) is 0 Å². The maximum absolute atomic E-state index is 2.53. The Bertz CT molecular complexity index is 8520. The molecule has 121 heavy (non-hydrogen) atoms. The van der Waals surface area contributed by atoms with Crippen LogP contribution in [0.25, 0.3) is 225 Å². The summed E-state index contributed by atoms with van der Waals surface area (Å²) in [6.45, 7) is 4.70. The van der Waals surface area contributed by atoms with Gasteiger partial charge in [-0.25, -0.2) is 0 Å². The molecule has 0 spiro atoms. The minimum absolute atomic E-state index is 0.0819. The highest BCUT2D eigenvalue weighted by Crippen LogP contribution is 2.58. The molecule has 0 atom stereocenters. The minimum Gasteiger partial charge on any atom is -0.310 e. The molecule has 24 aromatic rings. The van der Waals surface area contributed by atoms with E-state index in [-0.39, 0.29) is 5.41 Å². The number of hydrogen-bond acceptors (Lipinski definition) is 1. The molecule has 4 heteroatoms. The maximum Gasteiger partial charge on any atom is 0.0626 e. The Morgan fingerprint density at radius 2 is 0.529 bits per heavy atom. The van der Waals surface area contributed by atoms with E-state index in [1.165, 1.54) is 219 Å². The van der Waals surface area contributed by atoms with E-state index in [1.807, 2.05) is 0 Å². The van der Waals surface area contributed by atoms with Crippen molar-refractivity contribution in [2.75, 3.05) is 4.90 Å². The smallest absolute Gasteiger partial charge is 0.0626 e. The van der Waals surface area contributed by atoms with Crippen molar-refractivity contribution >= 4 is 147 Å². The molecule has 0 bridgehead atoms. The van der Waals surface area contributed by atoms with Crippen LogP contribution >= 0.6 is 0 Å². The van der Waals surface area contributed by atoms with Crippen molar-refractivity contribution in [3.63, 3.8) is 0 Å². The van der Waals surface area contributed by atoms with E-state index in [1.54, 1.807) is 0 Å². The van der Waals surface area contributed by atoms with E-state index in [9.17, 15) is 0 Å². The standard InChI is InChI=1S/C63H42N2.C54H32N2/c1-63(2)55-25-13-12-21-49(55)50-36-35-45(38-56(50)63)64(42-16-4-3-5-17-42)43-31-27-39(28-32-43)40-29-33-44(34-30-40)65-57-26-14-24-51-47-19-8-9-20-48(47)54-37-41-15-6-7-18-46(41)58-52-22-10-11-23-53(52)62(65)61(59(51)57)60(54)58;1-2-13-38-35(12-1)32-46-40-15-4-3-14-39(40)43-20-11-23-49-51(43)53-52(46)50(38)44-18-5-6-19-45(44)54(53)56(49)37-30-26-34(27-31-37)33-24-28-36(29-25-33)55-47-21-9-7-16-41(47)42-17-8-10-22-48(42)55/h3-38H,1-2H3;1-32H. The molecule has 4 nitrogen and oxygen atoms in total. The number of aromatic nitrogens is 3. The third kappa shape index (κ3) is 9.67. The molecule has 3 heterocycles. The van der Waals surface area contributed by atoms with Gasteiger partial charge in [-0.05, 0) is 241 Å². The Balaban J connectivity index is 0.000000132. The molecular weight excluding hydrogens is 1460 g/mol. The number of nitrogens with zero attached hydrogens (tertiary/aromatic N) is 4. The highest BCUT2D eigenvalue weighted by Gasteiger charge is 2.37. The zero-order chi connectivity index (χ0) is 79.5. The van der Waals surface area contributed by atoms with Gasteiger partial charge in [0.05, 0.1) is 33.1 Å². The number of hydrogen-bond donors (Lipinski definition) is 0. The molecule has 0 saturated heterocycles. The van der Waals surface area contributed by atoms with Crippen molar-refractivity contribution in [3.05, 3.63) is 424 Å². The van der Waals surface area contributed by atoms with Crippen LogP contribution in [0.5, 0.6) is 0 Å². The Morgan fingerprint density at radius 3 is 1.01 bits per heavy atom. The molecule has 3 aromatic heterocycles. The molecule has 0 fully saturated rings. The molecule has 27 rings (SSSR count). The lowest BCUT2D eigenvalue weighted by Crippen LogP contribution is -2.16. The zero-order valence-electron chi connectivity index (χ0n) is 66.5. The van der Waals surface area contributed by atoms with Gasteiger partial charge in [0.2, 0.25) is 0 Å². The minimum atomic E-state index is -0.0819. The Kier molecular flexibility index (Phi) is 14.3. The lowest BCUT2D eigenvalue weighted by Gasteiger charge is -2.28. The fraction of sp³-hybridized carbons (Fsp3) is 0.0256. The molecule has 0 radical (unpaired) electrons. The van der Waals surface area contributed by atoms with E-state index < -0.39 is 0 Å². The van der Waals surface area contributed by atoms with Crippen LogP contribution in [0.2, 0.25) is 0 Å². The lowest BCUT2D eigenvalue weighted by atomic mass is 9.82. The van der Waals surface area contributed by atoms with Gasteiger partial charge in [-0.2, -0.15) is 0 Å². The van der Waals surface area contributed by atoms with Crippen molar-refractivity contribution in [1.29, 1.82) is 0 Å². The number of fused-ring (bicyclic) bond motifs is 22. The van der Waals surface area contributed by atoms with E-state index in [2.05, 4.69) is 445 Å². The van der Waals surface area contributed by atoms with Gasteiger partial charge in [-0.3, -0.25) is 0 Å². The van der Waals surface area contributed by atoms with E-state index >= 15 is 0 Å². The van der Waals surface area contributed by atoms with Crippen LogP contribution in [-0.2, 0) is 5.41 Å². The average molecular weight is 1540 g/mol. The molecule has 0 N–H and O–H groups in total. The van der Waals surface area contributed by atoms with Gasteiger partial charge < -0.3 is 18.6 Å².